The van der Waals surface area contributed by atoms with Gasteiger partial charge in [-0.05, 0) is 78.4 Å². The first-order chi connectivity index (χ1) is 20.8. The summed E-state index contributed by atoms with van der Waals surface area (Å²) in [6.07, 6.45) is 6.49. The standard InChI is InChI=1S/C35H24F6OS2/c1-19-17-27(20(2)43-19)31-32(34(38,39)35(40,41)33(31,36)37)28-18-30(44-21(28)3)25(22-9-5-4-6-10-22)14-15-26-24-12-8-7-11-23(24)13-16-29(26)42/h4-18H,1-3H3/b25-14-,26-15+. The number of aryl methyl sites for hydroxylation is 3. The number of alkyl halides is 6. The summed E-state index contributed by atoms with van der Waals surface area (Å²) < 4.78 is 91.9. The SMILES string of the molecule is Cc1cc(C2=C(c3cc(/C(=C\C=C4\C(=O)C=Cc5ccccc54)c4ccccc4)sc3C)C(F)(F)C(F)(F)C2(F)F)c(C)s1. The van der Waals surface area contributed by atoms with Gasteiger partial charge in [-0.15, -0.1) is 22.7 Å². The van der Waals surface area contributed by atoms with Crippen molar-refractivity contribution in [1.29, 1.82) is 0 Å². The van der Waals surface area contributed by atoms with Gasteiger partial charge in [0, 0.05) is 36.2 Å². The highest BCUT2D eigenvalue weighted by molar-refractivity contribution is 7.13. The van der Waals surface area contributed by atoms with Crippen LogP contribution in [-0.4, -0.2) is 23.6 Å². The van der Waals surface area contributed by atoms with Crippen molar-refractivity contribution in [3.63, 3.8) is 0 Å². The van der Waals surface area contributed by atoms with Gasteiger partial charge in [0.15, 0.2) is 5.78 Å². The fourth-order valence-corrected chi connectivity index (χ4v) is 7.73. The average molecular weight is 639 g/mol. The second-order valence-electron chi connectivity index (χ2n) is 10.7. The summed E-state index contributed by atoms with van der Waals surface area (Å²) in [6.45, 7) is 4.52. The van der Waals surface area contributed by atoms with Gasteiger partial charge < -0.3 is 0 Å². The van der Waals surface area contributed by atoms with Crippen LogP contribution < -0.4 is 0 Å². The first-order valence-electron chi connectivity index (χ1n) is 13.6. The van der Waals surface area contributed by atoms with E-state index in [9.17, 15) is 13.6 Å². The van der Waals surface area contributed by atoms with Crippen molar-refractivity contribution >= 4 is 56.8 Å². The van der Waals surface area contributed by atoms with Crippen LogP contribution in [0.25, 0.3) is 28.4 Å². The minimum absolute atomic E-state index is 0.182. The lowest BCUT2D eigenvalue weighted by Crippen LogP contribution is -2.48. The maximum Gasteiger partial charge on any atom is 0.380 e. The Morgan fingerprint density at radius 1 is 0.705 bits per heavy atom. The summed E-state index contributed by atoms with van der Waals surface area (Å²) in [5, 5.41) is 0. The van der Waals surface area contributed by atoms with E-state index in [1.54, 1.807) is 55.5 Å². The molecule has 2 aromatic carbocycles. The van der Waals surface area contributed by atoms with E-state index >= 15 is 17.6 Å². The number of hydrogen-bond donors (Lipinski definition) is 0. The van der Waals surface area contributed by atoms with E-state index in [1.165, 1.54) is 32.1 Å². The molecule has 44 heavy (non-hydrogen) atoms. The Kier molecular flexibility index (Phi) is 7.25. The number of hydrogen-bond acceptors (Lipinski definition) is 3. The maximum absolute atomic E-state index is 15.6. The molecule has 224 valence electrons. The van der Waals surface area contributed by atoms with Gasteiger partial charge in [-0.1, -0.05) is 66.7 Å². The zero-order valence-corrected chi connectivity index (χ0v) is 25.3. The van der Waals surface area contributed by atoms with Crippen molar-refractivity contribution in [3.05, 3.63) is 132 Å². The van der Waals surface area contributed by atoms with Crippen molar-refractivity contribution in [2.75, 3.05) is 0 Å². The second-order valence-corrected chi connectivity index (χ2v) is 13.4. The molecule has 0 aliphatic heterocycles. The van der Waals surface area contributed by atoms with Crippen molar-refractivity contribution < 1.29 is 31.1 Å². The highest BCUT2D eigenvalue weighted by Crippen LogP contribution is 2.66. The number of halogens is 6. The first kappa shape index (κ1) is 30.1. The molecule has 0 atom stereocenters. The van der Waals surface area contributed by atoms with Crippen LogP contribution >= 0.6 is 22.7 Å². The van der Waals surface area contributed by atoms with E-state index in [0.717, 1.165) is 33.8 Å². The largest absolute Gasteiger partial charge is 0.380 e. The first-order valence-corrected chi connectivity index (χ1v) is 15.3. The molecule has 0 spiro atoms. The number of fused-ring (bicyclic) bond motifs is 1. The summed E-state index contributed by atoms with van der Waals surface area (Å²) in [6, 6.07) is 18.8. The van der Waals surface area contributed by atoms with Crippen molar-refractivity contribution in [3.8, 4) is 0 Å². The molecule has 0 saturated carbocycles. The lowest BCUT2D eigenvalue weighted by Gasteiger charge is -2.25. The topological polar surface area (TPSA) is 17.1 Å². The van der Waals surface area contributed by atoms with E-state index in [1.807, 2.05) is 24.3 Å². The van der Waals surface area contributed by atoms with Crippen LogP contribution in [0.2, 0.25) is 0 Å². The van der Waals surface area contributed by atoms with Crippen molar-refractivity contribution in [2.24, 2.45) is 0 Å². The molecule has 6 rings (SSSR count). The molecule has 0 N–H and O–H groups in total. The van der Waals surface area contributed by atoms with E-state index in [0.29, 0.717) is 26.5 Å². The van der Waals surface area contributed by atoms with E-state index in [-0.39, 0.29) is 26.7 Å². The highest BCUT2D eigenvalue weighted by atomic mass is 32.1. The summed E-state index contributed by atoms with van der Waals surface area (Å²) in [5.74, 6) is -16.1. The molecule has 2 aliphatic rings. The van der Waals surface area contributed by atoms with Crippen molar-refractivity contribution in [2.45, 2.75) is 38.5 Å². The predicted octanol–water partition coefficient (Wildman–Crippen LogP) is 10.7. The molecule has 0 radical (unpaired) electrons. The molecular formula is C35H24F6OS2. The summed E-state index contributed by atoms with van der Waals surface area (Å²) >= 11 is 2.11. The zero-order chi connectivity index (χ0) is 31.6. The summed E-state index contributed by atoms with van der Waals surface area (Å²) in [7, 11) is 0. The lowest BCUT2D eigenvalue weighted by molar-refractivity contribution is -0.254. The van der Waals surface area contributed by atoms with E-state index in [4.69, 9.17) is 0 Å². The number of benzene rings is 2. The molecule has 2 aliphatic carbocycles. The average Bonchev–Trinajstić information content (AvgIpc) is 3.55. The minimum Gasteiger partial charge on any atom is -0.289 e. The number of allylic oxidation sites excluding steroid dienone is 6. The number of ketones is 1. The molecule has 1 nitrogen and oxygen atoms in total. The third-order valence-corrected chi connectivity index (χ3v) is 9.91. The Balaban J connectivity index is 1.58. The molecule has 0 amide bonds. The summed E-state index contributed by atoms with van der Waals surface area (Å²) in [4.78, 5) is 14.2. The monoisotopic (exact) mass is 638 g/mol. The molecule has 2 aromatic heterocycles. The molecule has 0 fully saturated rings. The predicted molar refractivity (Wildman–Crippen MR) is 166 cm³/mol. The number of carbonyl (C=O) groups excluding carboxylic acids is 1. The summed E-state index contributed by atoms with van der Waals surface area (Å²) in [5.41, 5.74) is -0.197. The van der Waals surface area contributed by atoms with Crippen LogP contribution in [0, 0.1) is 20.8 Å². The molecule has 2 heterocycles. The molecule has 4 aromatic rings. The van der Waals surface area contributed by atoms with Crippen LogP contribution in [0.5, 0.6) is 0 Å². The number of thiophene rings is 2. The Labute approximate surface area is 258 Å². The highest BCUT2D eigenvalue weighted by Gasteiger charge is 2.80. The van der Waals surface area contributed by atoms with Gasteiger partial charge in [0.1, 0.15) is 0 Å². The van der Waals surface area contributed by atoms with E-state index in [2.05, 4.69) is 0 Å². The van der Waals surface area contributed by atoms with Crippen LogP contribution in [0.4, 0.5) is 26.3 Å². The Morgan fingerprint density at radius 3 is 1.93 bits per heavy atom. The third-order valence-electron chi connectivity index (χ3n) is 7.86. The Morgan fingerprint density at radius 2 is 1.30 bits per heavy atom. The number of carbonyl (C=O) groups is 1. The molecule has 9 heteroatoms. The van der Waals surface area contributed by atoms with Crippen LogP contribution in [0.3, 0.4) is 0 Å². The third kappa shape index (κ3) is 4.56. The van der Waals surface area contributed by atoms with Gasteiger partial charge in [-0.3, -0.25) is 4.79 Å². The van der Waals surface area contributed by atoms with Crippen molar-refractivity contribution in [1.82, 2.24) is 0 Å². The lowest BCUT2D eigenvalue weighted by atomic mass is 9.90. The molecule has 0 saturated heterocycles. The fourth-order valence-electron chi connectivity index (χ4n) is 5.73. The van der Waals surface area contributed by atoms with Gasteiger partial charge in [0.05, 0.1) is 0 Å². The van der Waals surface area contributed by atoms with Gasteiger partial charge in [0.2, 0.25) is 0 Å². The van der Waals surface area contributed by atoms with Gasteiger partial charge in [-0.2, -0.15) is 26.3 Å². The van der Waals surface area contributed by atoms with Gasteiger partial charge in [0.25, 0.3) is 0 Å². The van der Waals surface area contributed by atoms with Gasteiger partial charge >= 0.3 is 17.8 Å². The minimum atomic E-state index is -5.63. The quantitative estimate of drug-likeness (QED) is 0.157. The zero-order valence-electron chi connectivity index (χ0n) is 23.7. The molecular weight excluding hydrogens is 615 g/mol. The van der Waals surface area contributed by atoms with E-state index < -0.39 is 28.9 Å². The van der Waals surface area contributed by atoms with Crippen LogP contribution in [0.15, 0.2) is 85.0 Å². The van der Waals surface area contributed by atoms with Crippen LogP contribution in [0.1, 0.15) is 47.3 Å². The smallest absolute Gasteiger partial charge is 0.289 e. The molecule has 0 bridgehead atoms. The normalized spacial score (nSPS) is 19.6. The molecule has 0 unspecified atom stereocenters. The van der Waals surface area contributed by atoms with Gasteiger partial charge in [-0.25, -0.2) is 0 Å². The second kappa shape index (κ2) is 10.6. The maximum atomic E-state index is 15.6. The Hall–Kier alpha value is -3.95. The Bertz CT molecular complexity index is 1940. The fraction of sp³-hybridized carbons (Fsp3) is 0.171. The van der Waals surface area contributed by atoms with Crippen LogP contribution in [-0.2, 0) is 4.79 Å². The number of rotatable bonds is 5.